The SMILES string of the molecule is CCC(C)CC(CC)(CN)N(C)C(C)COC. The molecule has 17 heavy (non-hydrogen) atoms. The van der Waals surface area contributed by atoms with Crippen LogP contribution < -0.4 is 5.73 Å². The van der Waals surface area contributed by atoms with Gasteiger partial charge in [0.15, 0.2) is 0 Å². The van der Waals surface area contributed by atoms with Crippen molar-refractivity contribution >= 4 is 0 Å². The van der Waals surface area contributed by atoms with Crippen molar-refractivity contribution in [1.29, 1.82) is 0 Å². The zero-order chi connectivity index (χ0) is 13.5. The molecule has 0 saturated heterocycles. The third-order valence-corrected chi connectivity index (χ3v) is 4.28. The molecule has 0 aromatic rings. The Morgan fingerprint density at radius 1 is 1.29 bits per heavy atom. The van der Waals surface area contributed by atoms with E-state index in [1.165, 1.54) is 12.8 Å². The van der Waals surface area contributed by atoms with Gasteiger partial charge in [-0.25, -0.2) is 0 Å². The van der Waals surface area contributed by atoms with Gasteiger partial charge in [0, 0.05) is 25.2 Å². The van der Waals surface area contributed by atoms with Crippen LogP contribution in [0.1, 0.15) is 47.0 Å². The number of ether oxygens (including phenoxy) is 1. The topological polar surface area (TPSA) is 38.5 Å². The Morgan fingerprint density at radius 2 is 1.88 bits per heavy atom. The van der Waals surface area contributed by atoms with Gasteiger partial charge in [-0.3, -0.25) is 4.90 Å². The quantitative estimate of drug-likeness (QED) is 0.677. The van der Waals surface area contributed by atoms with Gasteiger partial charge in [-0.1, -0.05) is 27.2 Å². The minimum atomic E-state index is 0.118. The fourth-order valence-electron chi connectivity index (χ4n) is 2.52. The van der Waals surface area contributed by atoms with E-state index >= 15 is 0 Å². The molecule has 3 nitrogen and oxygen atoms in total. The van der Waals surface area contributed by atoms with Crippen molar-refractivity contribution in [3.05, 3.63) is 0 Å². The molecule has 3 atom stereocenters. The van der Waals surface area contributed by atoms with Crippen molar-refractivity contribution in [3.63, 3.8) is 0 Å². The highest BCUT2D eigenvalue weighted by Crippen LogP contribution is 2.29. The lowest BCUT2D eigenvalue weighted by Gasteiger charge is -2.45. The molecule has 0 aliphatic heterocycles. The maximum Gasteiger partial charge on any atom is 0.0615 e. The van der Waals surface area contributed by atoms with Crippen LogP contribution in [0.4, 0.5) is 0 Å². The first-order valence-electron chi connectivity index (χ1n) is 6.89. The number of likely N-dealkylation sites (N-methyl/N-ethyl adjacent to an activating group) is 1. The molecule has 0 saturated carbocycles. The Hall–Kier alpha value is -0.120. The summed E-state index contributed by atoms with van der Waals surface area (Å²) in [7, 11) is 3.94. The van der Waals surface area contributed by atoms with E-state index in [1.54, 1.807) is 7.11 Å². The van der Waals surface area contributed by atoms with E-state index < -0.39 is 0 Å². The molecule has 3 heteroatoms. The maximum atomic E-state index is 6.07. The zero-order valence-corrected chi connectivity index (χ0v) is 12.6. The molecule has 0 rings (SSSR count). The van der Waals surface area contributed by atoms with Gasteiger partial charge in [-0.2, -0.15) is 0 Å². The highest BCUT2D eigenvalue weighted by molar-refractivity contribution is 4.92. The van der Waals surface area contributed by atoms with Gasteiger partial charge in [-0.15, -0.1) is 0 Å². The van der Waals surface area contributed by atoms with Crippen molar-refractivity contribution in [3.8, 4) is 0 Å². The van der Waals surface area contributed by atoms with E-state index in [4.69, 9.17) is 10.5 Å². The number of methoxy groups -OCH3 is 1. The molecule has 0 bridgehead atoms. The van der Waals surface area contributed by atoms with Crippen molar-refractivity contribution in [2.45, 2.75) is 58.5 Å². The third kappa shape index (κ3) is 4.57. The predicted octanol–water partition coefficient (Wildman–Crippen LogP) is 2.50. The van der Waals surface area contributed by atoms with E-state index in [-0.39, 0.29) is 5.54 Å². The molecule has 0 spiro atoms. The van der Waals surface area contributed by atoms with Crippen LogP contribution in [0.25, 0.3) is 0 Å². The molecule has 0 heterocycles. The predicted molar refractivity (Wildman–Crippen MR) is 75.2 cm³/mol. The fourth-order valence-corrected chi connectivity index (χ4v) is 2.52. The van der Waals surface area contributed by atoms with Crippen LogP contribution in [-0.2, 0) is 4.74 Å². The van der Waals surface area contributed by atoms with Crippen LogP contribution in [0.3, 0.4) is 0 Å². The van der Waals surface area contributed by atoms with Crippen molar-refractivity contribution in [1.82, 2.24) is 4.90 Å². The second kappa shape index (κ2) is 8.06. The minimum Gasteiger partial charge on any atom is -0.383 e. The Bertz CT molecular complexity index is 193. The number of hydrogen-bond donors (Lipinski definition) is 1. The second-order valence-electron chi connectivity index (χ2n) is 5.41. The lowest BCUT2D eigenvalue weighted by atomic mass is 9.82. The number of nitrogens with two attached hydrogens (primary N) is 1. The largest absolute Gasteiger partial charge is 0.383 e. The molecule has 0 amide bonds. The Labute approximate surface area is 108 Å². The Morgan fingerprint density at radius 3 is 2.24 bits per heavy atom. The molecule has 104 valence electrons. The average molecular weight is 244 g/mol. The third-order valence-electron chi connectivity index (χ3n) is 4.28. The zero-order valence-electron chi connectivity index (χ0n) is 12.6. The van der Waals surface area contributed by atoms with Crippen LogP contribution in [0.15, 0.2) is 0 Å². The van der Waals surface area contributed by atoms with Gasteiger partial charge in [-0.05, 0) is 32.7 Å². The first-order valence-corrected chi connectivity index (χ1v) is 6.89. The summed E-state index contributed by atoms with van der Waals surface area (Å²) < 4.78 is 5.26. The van der Waals surface area contributed by atoms with E-state index in [0.29, 0.717) is 6.04 Å². The van der Waals surface area contributed by atoms with Gasteiger partial charge in [0.25, 0.3) is 0 Å². The summed E-state index contributed by atoms with van der Waals surface area (Å²) >= 11 is 0. The molecule has 0 fully saturated rings. The standard InChI is InChI=1S/C14H32N2O/c1-7-12(3)9-14(8-2,11-15)16(5)13(4)10-17-6/h12-13H,7-11,15H2,1-6H3. The number of rotatable bonds is 9. The molecule has 0 aromatic heterocycles. The van der Waals surface area contributed by atoms with Crippen molar-refractivity contribution in [2.75, 3.05) is 27.3 Å². The van der Waals surface area contributed by atoms with E-state index in [1.807, 2.05) is 0 Å². The molecule has 0 radical (unpaired) electrons. The molecule has 3 unspecified atom stereocenters. The van der Waals surface area contributed by atoms with Gasteiger partial charge < -0.3 is 10.5 Å². The van der Waals surface area contributed by atoms with Crippen LogP contribution in [0.2, 0.25) is 0 Å². The normalized spacial score (nSPS) is 19.1. The second-order valence-corrected chi connectivity index (χ2v) is 5.41. The van der Waals surface area contributed by atoms with E-state index in [2.05, 4.69) is 39.6 Å². The number of nitrogens with zero attached hydrogens (tertiary/aromatic N) is 1. The van der Waals surface area contributed by atoms with Gasteiger partial charge in [0.05, 0.1) is 6.61 Å². The summed E-state index contributed by atoms with van der Waals surface area (Å²) in [6.07, 6.45) is 3.48. The first-order chi connectivity index (χ1) is 7.97. The lowest BCUT2D eigenvalue weighted by Crippen LogP contribution is -2.56. The van der Waals surface area contributed by atoms with Crippen molar-refractivity contribution < 1.29 is 4.74 Å². The van der Waals surface area contributed by atoms with Crippen LogP contribution >= 0.6 is 0 Å². The minimum absolute atomic E-state index is 0.118. The summed E-state index contributed by atoms with van der Waals surface area (Å²) in [4.78, 5) is 2.42. The highest BCUT2D eigenvalue weighted by Gasteiger charge is 2.34. The summed E-state index contributed by atoms with van der Waals surface area (Å²) in [6, 6.07) is 0.410. The summed E-state index contributed by atoms with van der Waals surface area (Å²) in [5.41, 5.74) is 6.19. The molecule has 0 aromatic carbocycles. The number of hydrogen-bond acceptors (Lipinski definition) is 3. The lowest BCUT2D eigenvalue weighted by molar-refractivity contribution is 0.0217. The molecular formula is C14H32N2O. The van der Waals surface area contributed by atoms with Crippen LogP contribution in [-0.4, -0.2) is 43.8 Å². The molecule has 2 N–H and O–H groups in total. The Balaban J connectivity index is 4.78. The monoisotopic (exact) mass is 244 g/mol. The Kier molecular flexibility index (Phi) is 8.01. The molecular weight excluding hydrogens is 212 g/mol. The summed E-state index contributed by atoms with van der Waals surface area (Å²) in [5.74, 6) is 0.718. The maximum absolute atomic E-state index is 6.07. The fraction of sp³-hybridized carbons (Fsp3) is 1.00. The van der Waals surface area contributed by atoms with Gasteiger partial charge in [0.1, 0.15) is 0 Å². The summed E-state index contributed by atoms with van der Waals surface area (Å²) in [6.45, 7) is 10.5. The van der Waals surface area contributed by atoms with Gasteiger partial charge in [0.2, 0.25) is 0 Å². The summed E-state index contributed by atoms with van der Waals surface area (Å²) in [5, 5.41) is 0. The molecule has 0 aliphatic rings. The van der Waals surface area contributed by atoms with Crippen molar-refractivity contribution in [2.24, 2.45) is 11.7 Å². The van der Waals surface area contributed by atoms with E-state index in [0.717, 1.165) is 25.5 Å². The van der Waals surface area contributed by atoms with Gasteiger partial charge >= 0.3 is 0 Å². The highest BCUT2D eigenvalue weighted by atomic mass is 16.5. The molecule has 0 aliphatic carbocycles. The van der Waals surface area contributed by atoms with E-state index in [9.17, 15) is 0 Å². The average Bonchev–Trinajstić information content (AvgIpc) is 2.35. The van der Waals surface area contributed by atoms with Crippen LogP contribution in [0, 0.1) is 5.92 Å². The smallest absolute Gasteiger partial charge is 0.0615 e. The van der Waals surface area contributed by atoms with Crippen LogP contribution in [0.5, 0.6) is 0 Å². The first kappa shape index (κ1) is 16.9.